The monoisotopic (exact) mass is 255 g/mol. The molecule has 18 heavy (non-hydrogen) atoms. The van der Waals surface area contributed by atoms with Crippen LogP contribution in [0.15, 0.2) is 11.1 Å². The van der Waals surface area contributed by atoms with Crippen molar-refractivity contribution in [1.82, 2.24) is 15.3 Å². The zero-order valence-electron chi connectivity index (χ0n) is 10.3. The summed E-state index contributed by atoms with van der Waals surface area (Å²) in [6.45, 7) is 2.49. The van der Waals surface area contributed by atoms with Crippen molar-refractivity contribution in [2.45, 2.75) is 13.0 Å². The van der Waals surface area contributed by atoms with Crippen LogP contribution in [-0.4, -0.2) is 42.2 Å². The van der Waals surface area contributed by atoms with E-state index in [-0.39, 0.29) is 17.4 Å². The van der Waals surface area contributed by atoms with Crippen molar-refractivity contribution >= 4 is 17.4 Å². The number of carbonyl (C=O) groups is 1. The summed E-state index contributed by atoms with van der Waals surface area (Å²) >= 11 is 0. The third-order valence-corrected chi connectivity index (χ3v) is 2.24. The number of anilines is 2. The Kier molecular flexibility index (Phi) is 5.12. The summed E-state index contributed by atoms with van der Waals surface area (Å²) in [5, 5.41) is 5.43. The fourth-order valence-electron chi connectivity index (χ4n) is 1.23. The fourth-order valence-corrected chi connectivity index (χ4v) is 1.23. The van der Waals surface area contributed by atoms with E-state index in [2.05, 4.69) is 20.6 Å². The molecule has 0 saturated heterocycles. The number of rotatable bonds is 6. The van der Waals surface area contributed by atoms with E-state index >= 15 is 0 Å². The zero-order chi connectivity index (χ0) is 13.5. The summed E-state index contributed by atoms with van der Waals surface area (Å²) in [4.78, 5) is 29.1. The average molecular weight is 255 g/mol. The first-order valence-electron chi connectivity index (χ1n) is 5.42. The molecule has 0 aliphatic rings. The molecule has 1 amide bonds. The van der Waals surface area contributed by atoms with Gasteiger partial charge in [0.1, 0.15) is 11.7 Å². The molecular weight excluding hydrogens is 238 g/mol. The molecule has 8 heteroatoms. The summed E-state index contributed by atoms with van der Waals surface area (Å²) in [6, 6.07) is -0.557. The fraction of sp³-hybridized carbons (Fsp3) is 0.500. The molecule has 1 heterocycles. The number of nitrogen functional groups attached to an aromatic ring is 1. The number of methoxy groups -OCH3 is 1. The second-order valence-electron chi connectivity index (χ2n) is 3.64. The molecule has 5 N–H and O–H groups in total. The van der Waals surface area contributed by atoms with Crippen molar-refractivity contribution in [2.24, 2.45) is 0 Å². The number of aromatic nitrogens is 2. The summed E-state index contributed by atoms with van der Waals surface area (Å²) < 4.78 is 4.81. The van der Waals surface area contributed by atoms with Gasteiger partial charge in [0.05, 0.1) is 12.9 Å². The predicted octanol–water partition coefficient (Wildman–Crippen LogP) is -1.08. The number of nitrogens with zero attached hydrogens (tertiary/aromatic N) is 1. The minimum atomic E-state index is -0.557. The minimum Gasteiger partial charge on any atom is -0.391 e. The van der Waals surface area contributed by atoms with Crippen molar-refractivity contribution in [3.63, 3.8) is 0 Å². The van der Waals surface area contributed by atoms with Gasteiger partial charge in [0.15, 0.2) is 5.82 Å². The van der Waals surface area contributed by atoms with Crippen LogP contribution in [0.2, 0.25) is 0 Å². The van der Waals surface area contributed by atoms with Gasteiger partial charge in [-0.2, -0.15) is 0 Å². The SMILES string of the molecule is COCCNC(=O)C(C)Nc1nc[nH]c(=O)c1N. The normalized spacial score (nSPS) is 11.9. The van der Waals surface area contributed by atoms with Crippen molar-refractivity contribution in [1.29, 1.82) is 0 Å². The first-order valence-corrected chi connectivity index (χ1v) is 5.42. The van der Waals surface area contributed by atoms with E-state index in [0.717, 1.165) is 0 Å². The molecule has 0 fully saturated rings. The van der Waals surface area contributed by atoms with Gasteiger partial charge in [-0.05, 0) is 6.92 Å². The van der Waals surface area contributed by atoms with Crippen LogP contribution in [0.5, 0.6) is 0 Å². The number of hydrogen-bond donors (Lipinski definition) is 4. The Hall–Kier alpha value is -2.09. The van der Waals surface area contributed by atoms with E-state index in [1.165, 1.54) is 6.33 Å². The van der Waals surface area contributed by atoms with Crippen LogP contribution < -0.4 is 21.9 Å². The number of H-pyrrole nitrogens is 1. The van der Waals surface area contributed by atoms with E-state index in [1.54, 1.807) is 14.0 Å². The van der Waals surface area contributed by atoms with Crippen molar-refractivity contribution in [3.8, 4) is 0 Å². The molecule has 0 spiro atoms. The standard InChI is InChI=1S/C10H17N5O3/c1-6(9(16)12-3-4-18-2)15-8-7(11)10(17)14-5-13-8/h5-6H,3-4,11H2,1-2H3,(H,12,16)(H2,13,14,15,17). The molecule has 1 aromatic heterocycles. The lowest BCUT2D eigenvalue weighted by molar-refractivity contribution is -0.121. The van der Waals surface area contributed by atoms with Gasteiger partial charge in [-0.1, -0.05) is 0 Å². The highest BCUT2D eigenvalue weighted by Crippen LogP contribution is 2.08. The van der Waals surface area contributed by atoms with E-state index in [0.29, 0.717) is 13.2 Å². The second kappa shape index (κ2) is 6.60. The highest BCUT2D eigenvalue weighted by atomic mass is 16.5. The molecule has 1 aromatic rings. The van der Waals surface area contributed by atoms with Crippen LogP contribution in [0.4, 0.5) is 11.5 Å². The molecule has 0 aromatic carbocycles. The molecule has 1 atom stereocenters. The Labute approximate surface area is 104 Å². The lowest BCUT2D eigenvalue weighted by Crippen LogP contribution is -2.39. The second-order valence-corrected chi connectivity index (χ2v) is 3.64. The zero-order valence-corrected chi connectivity index (χ0v) is 10.3. The molecule has 0 bridgehead atoms. The van der Waals surface area contributed by atoms with E-state index < -0.39 is 11.6 Å². The summed E-state index contributed by atoms with van der Waals surface area (Å²) in [7, 11) is 1.55. The van der Waals surface area contributed by atoms with Gasteiger partial charge in [-0.25, -0.2) is 4.98 Å². The summed E-state index contributed by atoms with van der Waals surface area (Å²) in [6.07, 6.45) is 1.22. The first-order chi connectivity index (χ1) is 8.56. The van der Waals surface area contributed by atoms with Crippen LogP contribution >= 0.6 is 0 Å². The van der Waals surface area contributed by atoms with Crippen LogP contribution in [0.25, 0.3) is 0 Å². The molecule has 1 unspecified atom stereocenters. The lowest BCUT2D eigenvalue weighted by atomic mass is 10.3. The van der Waals surface area contributed by atoms with Gasteiger partial charge in [-0.3, -0.25) is 9.59 Å². The van der Waals surface area contributed by atoms with Crippen LogP contribution in [0, 0.1) is 0 Å². The smallest absolute Gasteiger partial charge is 0.276 e. The average Bonchev–Trinajstić information content (AvgIpc) is 2.35. The number of amides is 1. The van der Waals surface area contributed by atoms with E-state index in [1.807, 2.05) is 0 Å². The van der Waals surface area contributed by atoms with Crippen molar-refractivity contribution in [3.05, 3.63) is 16.7 Å². The molecular formula is C10H17N5O3. The van der Waals surface area contributed by atoms with Crippen LogP contribution in [0.1, 0.15) is 6.92 Å². The van der Waals surface area contributed by atoms with Crippen LogP contribution in [0.3, 0.4) is 0 Å². The summed E-state index contributed by atoms with van der Waals surface area (Å²) in [5.74, 6) is -0.0401. The third-order valence-electron chi connectivity index (χ3n) is 2.24. The Morgan fingerprint density at radius 2 is 2.39 bits per heavy atom. The van der Waals surface area contributed by atoms with Crippen molar-refractivity contribution < 1.29 is 9.53 Å². The van der Waals surface area contributed by atoms with Crippen LogP contribution in [-0.2, 0) is 9.53 Å². The molecule has 0 aliphatic heterocycles. The number of carbonyl (C=O) groups excluding carboxylic acids is 1. The maximum Gasteiger partial charge on any atom is 0.276 e. The van der Waals surface area contributed by atoms with Gasteiger partial charge in [0.2, 0.25) is 5.91 Å². The molecule has 0 saturated carbocycles. The highest BCUT2D eigenvalue weighted by molar-refractivity contribution is 5.84. The molecule has 100 valence electrons. The minimum absolute atomic E-state index is 0.0472. The Morgan fingerprint density at radius 3 is 3.06 bits per heavy atom. The Morgan fingerprint density at radius 1 is 1.67 bits per heavy atom. The van der Waals surface area contributed by atoms with Gasteiger partial charge in [-0.15, -0.1) is 0 Å². The summed E-state index contributed by atoms with van der Waals surface area (Å²) in [5.41, 5.74) is 5.04. The molecule has 0 radical (unpaired) electrons. The van der Waals surface area contributed by atoms with Gasteiger partial charge in [0, 0.05) is 13.7 Å². The number of aromatic amines is 1. The molecule has 1 rings (SSSR count). The third kappa shape index (κ3) is 3.74. The lowest BCUT2D eigenvalue weighted by Gasteiger charge is -2.15. The molecule has 0 aliphatic carbocycles. The number of nitrogens with one attached hydrogen (secondary N) is 3. The largest absolute Gasteiger partial charge is 0.391 e. The number of nitrogens with two attached hydrogens (primary N) is 1. The van der Waals surface area contributed by atoms with E-state index in [9.17, 15) is 9.59 Å². The quantitative estimate of drug-likeness (QED) is 0.479. The Bertz CT molecular complexity index is 459. The maximum absolute atomic E-state index is 11.6. The number of hydrogen-bond acceptors (Lipinski definition) is 6. The maximum atomic E-state index is 11.6. The van der Waals surface area contributed by atoms with E-state index in [4.69, 9.17) is 10.5 Å². The van der Waals surface area contributed by atoms with Gasteiger partial charge < -0.3 is 26.1 Å². The highest BCUT2D eigenvalue weighted by Gasteiger charge is 2.14. The Balaban J connectivity index is 2.58. The predicted molar refractivity (Wildman–Crippen MR) is 67.2 cm³/mol. The van der Waals surface area contributed by atoms with Gasteiger partial charge >= 0.3 is 0 Å². The van der Waals surface area contributed by atoms with Crippen molar-refractivity contribution in [2.75, 3.05) is 31.3 Å². The molecule has 8 nitrogen and oxygen atoms in total. The topological polar surface area (TPSA) is 122 Å². The van der Waals surface area contributed by atoms with Gasteiger partial charge in [0.25, 0.3) is 5.56 Å². The first kappa shape index (κ1) is 14.0. The number of ether oxygens (including phenoxy) is 1.